The zero-order chi connectivity index (χ0) is 24.3. The maximum absolute atomic E-state index is 14.0. The number of rotatable bonds is 4. The van der Waals surface area contributed by atoms with Gasteiger partial charge in [-0.3, -0.25) is 14.5 Å². The molecule has 2 aromatic carbocycles. The molecule has 1 aromatic heterocycles. The predicted octanol–water partition coefficient (Wildman–Crippen LogP) is 3.40. The Bertz CT molecular complexity index is 1300. The monoisotopic (exact) mass is 471 g/mol. The summed E-state index contributed by atoms with van der Waals surface area (Å²) in [5.41, 5.74) is 3.15. The average Bonchev–Trinajstić information content (AvgIpc) is 3.47. The first-order valence-electron chi connectivity index (χ1n) is 12.7. The second-order valence-electron chi connectivity index (χ2n) is 10.6. The fraction of sp³-hybridized carbons (Fsp3) is 0.464. The van der Waals surface area contributed by atoms with Crippen LogP contribution in [0.2, 0.25) is 0 Å². The van der Waals surface area contributed by atoms with Crippen molar-refractivity contribution in [1.29, 1.82) is 0 Å². The second-order valence-corrected chi connectivity index (χ2v) is 10.6. The maximum Gasteiger partial charge on any atom is 0.254 e. The molecule has 0 N–H and O–H groups in total. The van der Waals surface area contributed by atoms with E-state index < -0.39 is 5.54 Å². The highest BCUT2D eigenvalue weighted by molar-refractivity contribution is 6.02. The number of aromatic nitrogens is 2. The van der Waals surface area contributed by atoms with Crippen LogP contribution in [-0.4, -0.2) is 73.8 Å². The number of para-hydroxylation sites is 2. The van der Waals surface area contributed by atoms with Gasteiger partial charge in [0.25, 0.3) is 5.91 Å². The van der Waals surface area contributed by atoms with E-state index in [0.29, 0.717) is 25.2 Å². The van der Waals surface area contributed by atoms with Crippen molar-refractivity contribution in [2.75, 3.05) is 26.2 Å². The molecular formula is C28H33N5O2. The van der Waals surface area contributed by atoms with Crippen molar-refractivity contribution in [1.82, 2.24) is 24.3 Å². The van der Waals surface area contributed by atoms with E-state index in [0.717, 1.165) is 48.4 Å². The van der Waals surface area contributed by atoms with Gasteiger partial charge in [-0.05, 0) is 50.5 Å². The Labute approximate surface area is 206 Å². The number of aryl methyl sites for hydroxylation is 1. The van der Waals surface area contributed by atoms with Crippen LogP contribution < -0.4 is 0 Å². The molecule has 1 atom stereocenters. The molecule has 0 aliphatic carbocycles. The number of nitrogens with zero attached hydrogens (tertiary/aromatic N) is 5. The Morgan fingerprint density at radius 2 is 1.74 bits per heavy atom. The summed E-state index contributed by atoms with van der Waals surface area (Å²) in [6, 6.07) is 15.9. The van der Waals surface area contributed by atoms with E-state index in [4.69, 9.17) is 4.98 Å². The van der Waals surface area contributed by atoms with Crippen LogP contribution in [0.5, 0.6) is 0 Å². The van der Waals surface area contributed by atoms with Crippen LogP contribution in [0.3, 0.4) is 0 Å². The molecule has 7 heteroatoms. The number of carbonyl (C=O) groups is 2. The van der Waals surface area contributed by atoms with Gasteiger partial charge in [0.15, 0.2) is 0 Å². The summed E-state index contributed by atoms with van der Waals surface area (Å²) in [6.07, 6.45) is 2.11. The SMILES string of the molecule is CC(C)N1C(=O)c2ccccc2C(C(=O)N2CCCC2)C12CN(Cc1nc3ccccc3n1C)C2. The minimum absolute atomic E-state index is 0.00244. The summed E-state index contributed by atoms with van der Waals surface area (Å²) in [4.78, 5) is 39.0. The molecule has 1 spiro atoms. The minimum Gasteiger partial charge on any atom is -0.342 e. The fourth-order valence-electron chi connectivity index (χ4n) is 6.65. The van der Waals surface area contributed by atoms with Crippen LogP contribution in [0.4, 0.5) is 0 Å². The molecular weight excluding hydrogens is 438 g/mol. The molecule has 3 aliphatic rings. The first-order valence-corrected chi connectivity index (χ1v) is 12.7. The van der Waals surface area contributed by atoms with Crippen molar-refractivity contribution in [2.24, 2.45) is 7.05 Å². The molecule has 2 saturated heterocycles. The number of amides is 2. The highest BCUT2D eigenvalue weighted by atomic mass is 16.2. The van der Waals surface area contributed by atoms with Gasteiger partial charge in [0.05, 0.1) is 29.0 Å². The van der Waals surface area contributed by atoms with Crippen molar-refractivity contribution >= 4 is 22.8 Å². The van der Waals surface area contributed by atoms with E-state index in [1.165, 1.54) is 0 Å². The molecule has 4 heterocycles. The largest absolute Gasteiger partial charge is 0.342 e. The molecule has 0 radical (unpaired) electrons. The summed E-state index contributed by atoms with van der Waals surface area (Å²) >= 11 is 0. The van der Waals surface area contributed by atoms with Crippen molar-refractivity contribution in [3.05, 3.63) is 65.5 Å². The van der Waals surface area contributed by atoms with Gasteiger partial charge in [-0.15, -0.1) is 0 Å². The van der Waals surface area contributed by atoms with Crippen molar-refractivity contribution in [2.45, 2.75) is 50.7 Å². The highest BCUT2D eigenvalue weighted by Crippen LogP contribution is 2.48. The lowest BCUT2D eigenvalue weighted by Crippen LogP contribution is -2.77. The summed E-state index contributed by atoms with van der Waals surface area (Å²) in [6.45, 7) is 7.79. The molecule has 35 heavy (non-hydrogen) atoms. The van der Waals surface area contributed by atoms with Gasteiger partial charge in [0.2, 0.25) is 5.91 Å². The normalized spacial score (nSPS) is 21.7. The molecule has 2 amide bonds. The van der Waals surface area contributed by atoms with Gasteiger partial charge >= 0.3 is 0 Å². The number of imidazole rings is 1. The molecule has 2 fully saturated rings. The lowest BCUT2D eigenvalue weighted by molar-refractivity contribution is -0.144. The Morgan fingerprint density at radius 3 is 2.46 bits per heavy atom. The van der Waals surface area contributed by atoms with Crippen LogP contribution >= 0.6 is 0 Å². The van der Waals surface area contributed by atoms with Crippen molar-refractivity contribution < 1.29 is 9.59 Å². The van der Waals surface area contributed by atoms with E-state index in [-0.39, 0.29) is 23.8 Å². The van der Waals surface area contributed by atoms with Crippen LogP contribution in [-0.2, 0) is 18.4 Å². The maximum atomic E-state index is 14.0. The van der Waals surface area contributed by atoms with Crippen LogP contribution in [0.1, 0.15) is 54.4 Å². The van der Waals surface area contributed by atoms with Crippen LogP contribution in [0.15, 0.2) is 48.5 Å². The zero-order valence-corrected chi connectivity index (χ0v) is 20.8. The minimum atomic E-state index is -0.538. The number of hydrogen-bond donors (Lipinski definition) is 0. The topological polar surface area (TPSA) is 61.7 Å². The molecule has 3 aliphatic heterocycles. The van der Waals surface area contributed by atoms with Gasteiger partial charge in [-0.2, -0.15) is 0 Å². The van der Waals surface area contributed by atoms with E-state index in [1.807, 2.05) is 52.3 Å². The third-order valence-electron chi connectivity index (χ3n) is 8.16. The Kier molecular flexibility index (Phi) is 5.22. The first-order chi connectivity index (χ1) is 16.9. The summed E-state index contributed by atoms with van der Waals surface area (Å²) in [7, 11) is 2.06. The average molecular weight is 472 g/mol. The van der Waals surface area contributed by atoms with E-state index in [1.54, 1.807) is 0 Å². The Morgan fingerprint density at radius 1 is 1.06 bits per heavy atom. The quantitative estimate of drug-likeness (QED) is 0.585. The second kappa shape index (κ2) is 8.19. The van der Waals surface area contributed by atoms with E-state index in [2.05, 4.69) is 36.4 Å². The van der Waals surface area contributed by atoms with E-state index in [9.17, 15) is 9.59 Å². The molecule has 0 saturated carbocycles. The Balaban J connectivity index is 1.37. The highest BCUT2D eigenvalue weighted by Gasteiger charge is 2.61. The molecule has 182 valence electrons. The third-order valence-corrected chi connectivity index (χ3v) is 8.16. The van der Waals surface area contributed by atoms with Gasteiger partial charge in [0, 0.05) is 44.8 Å². The van der Waals surface area contributed by atoms with Crippen molar-refractivity contribution in [3.63, 3.8) is 0 Å². The number of hydrogen-bond acceptors (Lipinski definition) is 4. The molecule has 0 bridgehead atoms. The smallest absolute Gasteiger partial charge is 0.254 e. The number of benzene rings is 2. The number of fused-ring (bicyclic) bond motifs is 2. The Hall–Kier alpha value is -3.19. The zero-order valence-electron chi connectivity index (χ0n) is 20.8. The third kappa shape index (κ3) is 3.32. The summed E-state index contributed by atoms with van der Waals surface area (Å²) in [5, 5.41) is 0. The lowest BCUT2D eigenvalue weighted by Gasteiger charge is -2.62. The molecule has 1 unspecified atom stereocenters. The summed E-state index contributed by atoms with van der Waals surface area (Å²) in [5.74, 6) is 0.884. The van der Waals surface area contributed by atoms with Gasteiger partial charge in [-0.25, -0.2) is 4.98 Å². The standard InChI is InChI=1S/C28H33N5O2/c1-19(2)33-26(34)21-11-5-4-10-20(21)25(27(35)32-14-8-9-15-32)28(33)17-31(18-28)16-24-29-22-12-6-7-13-23(22)30(24)3/h4-7,10-13,19,25H,8-9,14-18H2,1-3H3. The number of carbonyl (C=O) groups excluding carboxylic acids is 2. The molecule has 6 rings (SSSR count). The van der Waals surface area contributed by atoms with Crippen molar-refractivity contribution in [3.8, 4) is 0 Å². The van der Waals surface area contributed by atoms with E-state index >= 15 is 0 Å². The number of likely N-dealkylation sites (tertiary alicyclic amines) is 2. The molecule has 7 nitrogen and oxygen atoms in total. The van der Waals surface area contributed by atoms with Gasteiger partial charge in [-0.1, -0.05) is 30.3 Å². The van der Waals surface area contributed by atoms with Crippen LogP contribution in [0.25, 0.3) is 11.0 Å². The summed E-state index contributed by atoms with van der Waals surface area (Å²) < 4.78 is 2.15. The molecule has 3 aromatic rings. The first kappa shape index (κ1) is 22.3. The predicted molar refractivity (Wildman–Crippen MR) is 135 cm³/mol. The fourth-order valence-corrected chi connectivity index (χ4v) is 6.65. The van der Waals surface area contributed by atoms with Gasteiger partial charge < -0.3 is 14.4 Å². The van der Waals surface area contributed by atoms with Crippen LogP contribution in [0, 0.1) is 0 Å². The lowest BCUT2D eigenvalue weighted by atomic mass is 9.67. The van der Waals surface area contributed by atoms with Gasteiger partial charge in [0.1, 0.15) is 5.82 Å².